The van der Waals surface area contributed by atoms with Crippen LogP contribution in [0.25, 0.3) is 0 Å². The summed E-state index contributed by atoms with van der Waals surface area (Å²) in [5.74, 6) is 5.90. The van der Waals surface area contributed by atoms with Crippen LogP contribution < -0.4 is 11.6 Å². The number of hydrazine groups is 1. The summed E-state index contributed by atoms with van der Waals surface area (Å²) in [6, 6.07) is 0. The van der Waals surface area contributed by atoms with Crippen molar-refractivity contribution in [3.05, 3.63) is 0 Å². The van der Waals surface area contributed by atoms with Crippen molar-refractivity contribution >= 4 is 5.96 Å². The largest absolute Gasteiger partial charge is 0.378 e. The first-order valence-corrected chi connectivity index (χ1v) is 4.43. The molecule has 0 aromatic rings. The van der Waals surface area contributed by atoms with Crippen molar-refractivity contribution in [2.45, 2.75) is 6.92 Å². The van der Waals surface area contributed by atoms with Gasteiger partial charge in [0.15, 0.2) is 0 Å². The zero-order chi connectivity index (χ0) is 9.68. The summed E-state index contributed by atoms with van der Waals surface area (Å²) >= 11 is 0. The number of ether oxygens (including phenoxy) is 1. The zero-order valence-corrected chi connectivity index (χ0v) is 7.94. The summed E-state index contributed by atoms with van der Waals surface area (Å²) < 4.78 is 5.17. The van der Waals surface area contributed by atoms with E-state index in [2.05, 4.69) is 5.10 Å². The Labute approximate surface area is 78.1 Å². The van der Waals surface area contributed by atoms with E-state index in [4.69, 9.17) is 16.3 Å². The number of hydrazone groups is 1. The molecule has 1 rings (SSSR count). The first kappa shape index (κ1) is 10.1. The average molecular weight is 187 g/mol. The number of guanidine groups is 1. The van der Waals surface area contributed by atoms with Crippen LogP contribution in [0.4, 0.5) is 0 Å². The average Bonchev–Trinajstić information content (AvgIpc) is 2.18. The van der Waals surface area contributed by atoms with Gasteiger partial charge in [-0.3, -0.25) is 10.0 Å². The molecule has 1 heterocycles. The Morgan fingerprint density at radius 3 is 2.69 bits per heavy atom. The predicted octanol–water partition coefficient (Wildman–Crippen LogP) is -1.26. The molecule has 0 atom stereocenters. The second-order valence-corrected chi connectivity index (χ2v) is 2.81. The molecular formula is C7H17N5O. The lowest BCUT2D eigenvalue weighted by atomic mass is 10.5. The lowest BCUT2D eigenvalue weighted by Crippen LogP contribution is -2.45. The van der Waals surface area contributed by atoms with Gasteiger partial charge in [-0.05, 0) is 6.92 Å². The minimum atomic E-state index is 0.351. The van der Waals surface area contributed by atoms with Crippen LogP contribution in [0, 0.1) is 0 Å². The summed E-state index contributed by atoms with van der Waals surface area (Å²) in [5, 5.41) is 7.44. The molecule has 4 N–H and O–H groups in total. The summed E-state index contributed by atoms with van der Waals surface area (Å²) in [6.45, 7) is 5.53. The van der Waals surface area contributed by atoms with Gasteiger partial charge in [0.2, 0.25) is 5.96 Å². The highest BCUT2D eigenvalue weighted by molar-refractivity contribution is 5.77. The minimum Gasteiger partial charge on any atom is -0.378 e. The Morgan fingerprint density at radius 1 is 1.54 bits per heavy atom. The van der Waals surface area contributed by atoms with Gasteiger partial charge in [0.05, 0.1) is 26.3 Å². The maximum atomic E-state index is 5.63. The van der Waals surface area contributed by atoms with Crippen molar-refractivity contribution in [1.29, 1.82) is 0 Å². The third-order valence-corrected chi connectivity index (χ3v) is 1.87. The molecule has 0 spiro atoms. The van der Waals surface area contributed by atoms with Crippen molar-refractivity contribution in [2.75, 3.05) is 32.8 Å². The number of rotatable bonds is 2. The Hall–Kier alpha value is -1.01. The SMILES string of the molecule is CCN(N)C(N)=NN1CCOCC1. The van der Waals surface area contributed by atoms with E-state index in [9.17, 15) is 0 Å². The first-order chi connectivity index (χ1) is 6.24. The molecule has 0 amide bonds. The van der Waals surface area contributed by atoms with Crippen LogP contribution in [0.15, 0.2) is 5.10 Å². The van der Waals surface area contributed by atoms with E-state index in [-0.39, 0.29) is 0 Å². The monoisotopic (exact) mass is 187 g/mol. The Bertz CT molecular complexity index is 178. The molecule has 1 aliphatic heterocycles. The molecule has 6 nitrogen and oxygen atoms in total. The summed E-state index contributed by atoms with van der Waals surface area (Å²) in [4.78, 5) is 0. The fourth-order valence-electron chi connectivity index (χ4n) is 1.02. The van der Waals surface area contributed by atoms with E-state index >= 15 is 0 Å². The maximum Gasteiger partial charge on any atom is 0.228 e. The number of morpholine rings is 1. The topological polar surface area (TPSA) is 80.1 Å². The Balaban J connectivity index is 2.42. The highest BCUT2D eigenvalue weighted by Gasteiger charge is 2.09. The standard InChI is InChI=1S/C7H17N5O/c1-2-12(9)7(8)10-11-3-5-13-6-4-11/h2-6,9H2,1H3,(H2,8,10). The van der Waals surface area contributed by atoms with Crippen LogP contribution in [0.5, 0.6) is 0 Å². The highest BCUT2D eigenvalue weighted by Crippen LogP contribution is 1.96. The third kappa shape index (κ3) is 3.08. The second-order valence-electron chi connectivity index (χ2n) is 2.81. The van der Waals surface area contributed by atoms with Crippen molar-refractivity contribution < 1.29 is 4.74 Å². The van der Waals surface area contributed by atoms with Gasteiger partial charge in [0, 0.05) is 6.54 Å². The van der Waals surface area contributed by atoms with Crippen LogP contribution in [0.2, 0.25) is 0 Å². The van der Waals surface area contributed by atoms with Crippen LogP contribution >= 0.6 is 0 Å². The molecule has 0 bridgehead atoms. The van der Waals surface area contributed by atoms with Gasteiger partial charge < -0.3 is 10.5 Å². The summed E-state index contributed by atoms with van der Waals surface area (Å²) in [7, 11) is 0. The van der Waals surface area contributed by atoms with Crippen molar-refractivity contribution in [2.24, 2.45) is 16.7 Å². The van der Waals surface area contributed by atoms with E-state index in [1.165, 1.54) is 5.01 Å². The number of hydrogen-bond acceptors (Lipinski definition) is 4. The molecule has 1 fully saturated rings. The van der Waals surface area contributed by atoms with Gasteiger partial charge in [-0.15, -0.1) is 5.10 Å². The smallest absolute Gasteiger partial charge is 0.228 e. The molecule has 1 saturated heterocycles. The minimum absolute atomic E-state index is 0.351. The lowest BCUT2D eigenvalue weighted by molar-refractivity contribution is 0.0385. The molecule has 1 aliphatic rings. The van der Waals surface area contributed by atoms with Crippen LogP contribution in [-0.4, -0.2) is 48.8 Å². The fraction of sp³-hybridized carbons (Fsp3) is 0.857. The van der Waals surface area contributed by atoms with Crippen LogP contribution in [0.3, 0.4) is 0 Å². The van der Waals surface area contributed by atoms with E-state index < -0.39 is 0 Å². The quantitative estimate of drug-likeness (QED) is 0.244. The maximum absolute atomic E-state index is 5.63. The molecular weight excluding hydrogens is 170 g/mol. The highest BCUT2D eigenvalue weighted by atomic mass is 16.5. The lowest BCUT2D eigenvalue weighted by Gasteiger charge is -2.25. The molecule has 0 aliphatic carbocycles. The van der Waals surface area contributed by atoms with E-state index in [1.807, 2.05) is 11.9 Å². The van der Waals surface area contributed by atoms with Crippen molar-refractivity contribution in [1.82, 2.24) is 10.0 Å². The third-order valence-electron chi connectivity index (χ3n) is 1.87. The number of nitrogens with zero attached hydrogens (tertiary/aromatic N) is 3. The van der Waals surface area contributed by atoms with Gasteiger partial charge in [-0.2, -0.15) is 0 Å². The molecule has 0 aromatic carbocycles. The van der Waals surface area contributed by atoms with Gasteiger partial charge in [0.25, 0.3) is 0 Å². The Morgan fingerprint density at radius 2 is 2.15 bits per heavy atom. The molecule has 0 radical (unpaired) electrons. The van der Waals surface area contributed by atoms with E-state index in [0.29, 0.717) is 25.7 Å². The molecule has 13 heavy (non-hydrogen) atoms. The van der Waals surface area contributed by atoms with Gasteiger partial charge in [0.1, 0.15) is 0 Å². The van der Waals surface area contributed by atoms with E-state index in [1.54, 1.807) is 0 Å². The van der Waals surface area contributed by atoms with Crippen LogP contribution in [0.1, 0.15) is 6.92 Å². The van der Waals surface area contributed by atoms with Gasteiger partial charge in [-0.1, -0.05) is 0 Å². The summed E-state index contributed by atoms with van der Waals surface area (Å²) in [5.41, 5.74) is 5.63. The Kier molecular flexibility index (Phi) is 3.78. The first-order valence-electron chi connectivity index (χ1n) is 4.43. The molecule has 6 heteroatoms. The summed E-state index contributed by atoms with van der Waals surface area (Å²) in [6.07, 6.45) is 0. The van der Waals surface area contributed by atoms with Crippen molar-refractivity contribution in [3.8, 4) is 0 Å². The fourth-order valence-corrected chi connectivity index (χ4v) is 1.02. The molecule has 76 valence electrons. The molecule has 0 unspecified atom stereocenters. The second kappa shape index (κ2) is 4.88. The number of hydrogen-bond donors (Lipinski definition) is 2. The normalized spacial score (nSPS) is 18.9. The zero-order valence-electron chi connectivity index (χ0n) is 7.94. The predicted molar refractivity (Wildman–Crippen MR) is 50.6 cm³/mol. The molecule has 0 saturated carbocycles. The molecule has 0 aromatic heterocycles. The van der Waals surface area contributed by atoms with E-state index in [0.717, 1.165) is 13.1 Å². The van der Waals surface area contributed by atoms with Crippen LogP contribution in [-0.2, 0) is 4.74 Å². The van der Waals surface area contributed by atoms with Crippen molar-refractivity contribution in [3.63, 3.8) is 0 Å². The number of nitrogens with two attached hydrogens (primary N) is 2. The van der Waals surface area contributed by atoms with Gasteiger partial charge >= 0.3 is 0 Å². The van der Waals surface area contributed by atoms with Gasteiger partial charge in [-0.25, -0.2) is 5.84 Å².